The molecule has 0 aliphatic rings. The van der Waals surface area contributed by atoms with Crippen molar-refractivity contribution < 1.29 is 4.79 Å². The number of nitrogens with zero attached hydrogens (tertiary/aromatic N) is 2. The Hall–Kier alpha value is -1.26. The summed E-state index contributed by atoms with van der Waals surface area (Å²) in [6.07, 6.45) is 1.80. The minimum Gasteiger partial charge on any atom is -0.366 e. The number of aliphatic imine (C=N–C) groups is 1. The van der Waals surface area contributed by atoms with Gasteiger partial charge in [0.15, 0.2) is 0 Å². The van der Waals surface area contributed by atoms with Crippen LogP contribution >= 0.6 is 24.8 Å². The normalized spacial score (nSPS) is 9.44. The van der Waals surface area contributed by atoms with E-state index in [1.54, 1.807) is 30.6 Å². The molecule has 0 bridgehead atoms. The SMILES string of the molecule is CCN(C=Nc1ccc(C(N)=O)cc1)CC.Cl.Cl. The molecule has 1 amide bonds. The summed E-state index contributed by atoms with van der Waals surface area (Å²) in [6.45, 7) is 6.01. The molecule has 2 N–H and O–H groups in total. The van der Waals surface area contributed by atoms with Gasteiger partial charge in [-0.2, -0.15) is 0 Å². The van der Waals surface area contributed by atoms with Crippen molar-refractivity contribution in [1.29, 1.82) is 0 Å². The van der Waals surface area contributed by atoms with E-state index in [1.807, 2.05) is 0 Å². The van der Waals surface area contributed by atoms with Gasteiger partial charge in [-0.15, -0.1) is 24.8 Å². The van der Waals surface area contributed by atoms with E-state index in [0.717, 1.165) is 18.8 Å². The van der Waals surface area contributed by atoms with Gasteiger partial charge in [0.2, 0.25) is 5.91 Å². The highest BCUT2D eigenvalue weighted by atomic mass is 35.5. The highest BCUT2D eigenvalue weighted by Crippen LogP contribution is 2.12. The van der Waals surface area contributed by atoms with Gasteiger partial charge in [0.05, 0.1) is 12.0 Å². The van der Waals surface area contributed by atoms with E-state index < -0.39 is 5.91 Å². The molecule has 0 unspecified atom stereocenters. The fourth-order valence-corrected chi connectivity index (χ4v) is 1.25. The summed E-state index contributed by atoms with van der Waals surface area (Å²) < 4.78 is 0. The molecule has 0 saturated heterocycles. The minimum atomic E-state index is -0.417. The zero-order chi connectivity index (χ0) is 12.0. The first-order valence-electron chi connectivity index (χ1n) is 5.35. The summed E-state index contributed by atoms with van der Waals surface area (Å²) in [5, 5.41) is 0. The number of nitrogens with two attached hydrogens (primary N) is 1. The number of amides is 1. The molecule has 1 aromatic rings. The van der Waals surface area contributed by atoms with Gasteiger partial charge >= 0.3 is 0 Å². The Morgan fingerprint density at radius 1 is 1.22 bits per heavy atom. The van der Waals surface area contributed by atoms with Crippen molar-refractivity contribution in [2.75, 3.05) is 13.1 Å². The second-order valence-corrected chi connectivity index (χ2v) is 3.38. The van der Waals surface area contributed by atoms with Gasteiger partial charge in [-0.25, -0.2) is 4.99 Å². The summed E-state index contributed by atoms with van der Waals surface area (Å²) in [7, 11) is 0. The van der Waals surface area contributed by atoms with Crippen LogP contribution < -0.4 is 5.73 Å². The fourth-order valence-electron chi connectivity index (χ4n) is 1.25. The average molecular weight is 292 g/mol. The molecule has 0 heterocycles. The number of halogens is 2. The van der Waals surface area contributed by atoms with E-state index >= 15 is 0 Å². The summed E-state index contributed by atoms with van der Waals surface area (Å²) in [5.74, 6) is -0.417. The summed E-state index contributed by atoms with van der Waals surface area (Å²) in [6, 6.07) is 6.91. The third-order valence-corrected chi connectivity index (χ3v) is 2.33. The first-order valence-corrected chi connectivity index (χ1v) is 5.35. The predicted octanol–water partition coefficient (Wildman–Crippen LogP) is 2.63. The molecule has 0 fully saturated rings. The second-order valence-electron chi connectivity index (χ2n) is 3.38. The molecule has 0 saturated carbocycles. The lowest BCUT2D eigenvalue weighted by Crippen LogP contribution is -2.20. The Labute approximate surface area is 120 Å². The first kappa shape index (κ1) is 19.1. The van der Waals surface area contributed by atoms with Crippen LogP contribution in [0.15, 0.2) is 29.3 Å². The number of hydrogen-bond donors (Lipinski definition) is 1. The van der Waals surface area contributed by atoms with Crippen molar-refractivity contribution in [3.63, 3.8) is 0 Å². The Morgan fingerprint density at radius 3 is 2.11 bits per heavy atom. The molecule has 102 valence electrons. The van der Waals surface area contributed by atoms with Crippen molar-refractivity contribution in [2.45, 2.75) is 13.8 Å². The van der Waals surface area contributed by atoms with E-state index in [-0.39, 0.29) is 24.8 Å². The molecule has 18 heavy (non-hydrogen) atoms. The molecule has 1 rings (SSSR count). The van der Waals surface area contributed by atoms with E-state index in [4.69, 9.17) is 5.73 Å². The second kappa shape index (κ2) is 9.74. The van der Waals surface area contributed by atoms with E-state index in [2.05, 4.69) is 23.7 Å². The van der Waals surface area contributed by atoms with Crippen molar-refractivity contribution in [1.82, 2.24) is 4.90 Å². The fraction of sp³-hybridized carbons (Fsp3) is 0.333. The van der Waals surface area contributed by atoms with Gasteiger partial charge in [0, 0.05) is 18.7 Å². The number of rotatable bonds is 5. The van der Waals surface area contributed by atoms with Gasteiger partial charge in [-0.1, -0.05) is 0 Å². The van der Waals surface area contributed by atoms with E-state index in [1.165, 1.54) is 0 Å². The maximum Gasteiger partial charge on any atom is 0.248 e. The zero-order valence-corrected chi connectivity index (χ0v) is 12.1. The van der Waals surface area contributed by atoms with Gasteiger partial charge < -0.3 is 10.6 Å². The molecule has 0 atom stereocenters. The van der Waals surface area contributed by atoms with Gasteiger partial charge in [-0.3, -0.25) is 4.79 Å². The van der Waals surface area contributed by atoms with E-state index in [0.29, 0.717) is 5.56 Å². The monoisotopic (exact) mass is 291 g/mol. The van der Waals surface area contributed by atoms with Crippen molar-refractivity contribution >= 4 is 42.7 Å². The van der Waals surface area contributed by atoms with Crippen molar-refractivity contribution in [3.05, 3.63) is 29.8 Å². The molecule has 4 nitrogen and oxygen atoms in total. The van der Waals surface area contributed by atoms with Gasteiger partial charge in [0.25, 0.3) is 0 Å². The van der Waals surface area contributed by atoms with Gasteiger partial charge in [0.1, 0.15) is 0 Å². The van der Waals surface area contributed by atoms with Crippen LogP contribution in [-0.2, 0) is 0 Å². The predicted molar refractivity (Wildman–Crippen MR) is 80.5 cm³/mol. The minimum absolute atomic E-state index is 0. The molecule has 0 spiro atoms. The van der Waals surface area contributed by atoms with Crippen LogP contribution in [0.5, 0.6) is 0 Å². The number of primary amides is 1. The lowest BCUT2D eigenvalue weighted by molar-refractivity contribution is 0.100. The van der Waals surface area contributed by atoms with Crippen LogP contribution in [0.4, 0.5) is 5.69 Å². The molecule has 0 aromatic heterocycles. The van der Waals surface area contributed by atoms with Crippen LogP contribution in [0.1, 0.15) is 24.2 Å². The Morgan fingerprint density at radius 2 is 1.72 bits per heavy atom. The summed E-state index contributed by atoms with van der Waals surface area (Å²) >= 11 is 0. The zero-order valence-electron chi connectivity index (χ0n) is 10.5. The standard InChI is InChI=1S/C12H17N3O.2ClH/c1-3-15(4-2)9-14-11-7-5-10(6-8-11)12(13)16;;/h5-9H,3-4H2,1-2H3,(H2,13,16);2*1H. The van der Waals surface area contributed by atoms with Crippen LogP contribution in [-0.4, -0.2) is 30.2 Å². The number of benzene rings is 1. The van der Waals surface area contributed by atoms with Crippen molar-refractivity contribution in [3.8, 4) is 0 Å². The molecular formula is C12H19Cl2N3O. The van der Waals surface area contributed by atoms with Crippen LogP contribution in [0, 0.1) is 0 Å². The molecule has 0 aliphatic carbocycles. The first-order chi connectivity index (χ1) is 7.67. The third kappa shape index (κ3) is 5.89. The van der Waals surface area contributed by atoms with Crippen molar-refractivity contribution in [2.24, 2.45) is 10.7 Å². The lowest BCUT2D eigenvalue weighted by Gasteiger charge is -2.13. The highest BCUT2D eigenvalue weighted by molar-refractivity contribution is 5.93. The summed E-state index contributed by atoms with van der Waals surface area (Å²) in [4.78, 5) is 17.2. The lowest BCUT2D eigenvalue weighted by atomic mass is 10.2. The summed E-state index contributed by atoms with van der Waals surface area (Å²) in [5.41, 5.74) is 6.46. The molecule has 0 aliphatic heterocycles. The Kier molecular flexibility index (Phi) is 10.3. The number of carbonyl (C=O) groups is 1. The number of hydrogen-bond acceptors (Lipinski definition) is 2. The quantitative estimate of drug-likeness (QED) is 0.670. The molecule has 6 heteroatoms. The van der Waals surface area contributed by atoms with Crippen LogP contribution in [0.3, 0.4) is 0 Å². The highest BCUT2D eigenvalue weighted by Gasteiger charge is 1.98. The largest absolute Gasteiger partial charge is 0.366 e. The smallest absolute Gasteiger partial charge is 0.248 e. The Bertz CT molecular complexity index is 375. The topological polar surface area (TPSA) is 58.7 Å². The van der Waals surface area contributed by atoms with E-state index in [9.17, 15) is 4.79 Å². The average Bonchev–Trinajstić information content (AvgIpc) is 2.31. The maximum absolute atomic E-state index is 10.8. The molecular weight excluding hydrogens is 273 g/mol. The molecule has 1 aromatic carbocycles. The number of carbonyl (C=O) groups excluding carboxylic acids is 1. The van der Waals surface area contributed by atoms with Crippen LogP contribution in [0.25, 0.3) is 0 Å². The Balaban J connectivity index is 0. The maximum atomic E-state index is 10.8. The molecule has 0 radical (unpaired) electrons. The van der Waals surface area contributed by atoms with Crippen LogP contribution in [0.2, 0.25) is 0 Å². The third-order valence-electron chi connectivity index (χ3n) is 2.33. The van der Waals surface area contributed by atoms with Gasteiger partial charge in [-0.05, 0) is 38.1 Å².